The highest BCUT2D eigenvalue weighted by Gasteiger charge is 2.43. The van der Waals surface area contributed by atoms with Gasteiger partial charge in [-0.25, -0.2) is 17.9 Å². The molecule has 2 amide bonds. The summed E-state index contributed by atoms with van der Waals surface area (Å²) in [4.78, 5) is 27.9. The summed E-state index contributed by atoms with van der Waals surface area (Å²) in [5, 5.41) is 0.0764. The number of imide groups is 1. The Morgan fingerprint density at radius 3 is 2.09 bits per heavy atom. The topological polar surface area (TPSA) is 87.4 Å². The van der Waals surface area contributed by atoms with E-state index in [1.54, 1.807) is 31.2 Å². The Kier molecular flexibility index (Phi) is 6.02. The molecule has 0 unspecified atom stereocenters. The molecule has 35 heavy (non-hydrogen) atoms. The van der Waals surface area contributed by atoms with Crippen LogP contribution < -0.4 is 14.2 Å². The number of halogens is 1. The first kappa shape index (κ1) is 24.9. The zero-order chi connectivity index (χ0) is 25.9. The Balaban J connectivity index is 1.76. The van der Waals surface area contributed by atoms with E-state index in [1.165, 1.54) is 24.3 Å². The maximum atomic E-state index is 13.5. The highest BCUT2D eigenvalue weighted by Crippen LogP contribution is 2.38. The molecule has 1 aliphatic rings. The van der Waals surface area contributed by atoms with E-state index in [1.807, 2.05) is 39.3 Å². The van der Waals surface area contributed by atoms with E-state index < -0.39 is 21.8 Å². The number of hydrogen-bond acceptors (Lipinski definition) is 4. The van der Waals surface area contributed by atoms with Crippen LogP contribution in [0.15, 0.2) is 53.4 Å². The molecule has 0 bridgehead atoms. The fourth-order valence-electron chi connectivity index (χ4n) is 4.07. The van der Waals surface area contributed by atoms with Crippen molar-refractivity contribution >= 4 is 44.8 Å². The Bertz CT molecular complexity index is 1490. The monoisotopic (exact) mass is 512 g/mol. The Hall–Kier alpha value is -3.23. The molecule has 2 heterocycles. The second kappa shape index (κ2) is 8.46. The third-order valence-corrected chi connectivity index (χ3v) is 8.09. The van der Waals surface area contributed by atoms with Crippen LogP contribution in [0.2, 0.25) is 5.02 Å². The molecule has 0 spiro atoms. The summed E-state index contributed by atoms with van der Waals surface area (Å²) >= 11 is 6.32. The summed E-state index contributed by atoms with van der Waals surface area (Å²) in [7, 11) is -2.20. The number of carbonyl (C=O) groups is 2. The van der Waals surface area contributed by atoms with Crippen LogP contribution in [-0.4, -0.2) is 20.2 Å². The van der Waals surface area contributed by atoms with Crippen LogP contribution in [0.4, 0.5) is 11.4 Å². The number of carbonyl (C=O) groups excluding carboxylic acids is 2. The number of hydrogen-bond donors (Lipinski definition) is 1. The van der Waals surface area contributed by atoms with Crippen LogP contribution in [-0.2, 0) is 22.5 Å². The molecule has 1 N–H and O–H groups in total. The lowest BCUT2D eigenvalue weighted by Crippen LogP contribution is -2.39. The van der Waals surface area contributed by atoms with Crippen molar-refractivity contribution in [1.29, 1.82) is 0 Å². The van der Waals surface area contributed by atoms with Gasteiger partial charge in [0.25, 0.3) is 21.8 Å². The van der Waals surface area contributed by atoms with E-state index in [9.17, 15) is 18.0 Å². The van der Waals surface area contributed by atoms with Gasteiger partial charge in [-0.15, -0.1) is 0 Å². The molecule has 2 aromatic carbocycles. The molecule has 182 valence electrons. The van der Waals surface area contributed by atoms with Crippen molar-refractivity contribution in [2.75, 3.05) is 9.62 Å². The van der Waals surface area contributed by atoms with Crippen LogP contribution in [0.25, 0.3) is 0 Å². The summed E-state index contributed by atoms with van der Waals surface area (Å²) in [6.45, 7) is 9.83. The van der Waals surface area contributed by atoms with Crippen LogP contribution in [0, 0.1) is 13.8 Å². The largest absolute Gasteiger partial charge is 0.279 e. The van der Waals surface area contributed by atoms with Crippen LogP contribution in [0.1, 0.15) is 58.4 Å². The van der Waals surface area contributed by atoms with Gasteiger partial charge in [0.05, 0.1) is 26.7 Å². The number of sulfonamides is 1. The zero-order valence-corrected chi connectivity index (χ0v) is 22.0. The molecule has 7 nitrogen and oxygen atoms in total. The van der Waals surface area contributed by atoms with Crippen molar-refractivity contribution in [3.8, 4) is 0 Å². The number of pyridine rings is 1. The fraction of sp³-hybridized carbons (Fsp3) is 0.269. The van der Waals surface area contributed by atoms with Crippen molar-refractivity contribution in [3.63, 3.8) is 0 Å². The second-order valence-electron chi connectivity index (χ2n) is 9.67. The molecule has 0 fully saturated rings. The average molecular weight is 513 g/mol. The minimum atomic E-state index is -4.03. The fourth-order valence-corrected chi connectivity index (χ4v) is 5.38. The van der Waals surface area contributed by atoms with E-state index in [0.717, 1.165) is 16.2 Å². The van der Waals surface area contributed by atoms with Crippen LogP contribution in [0.3, 0.4) is 0 Å². The summed E-state index contributed by atoms with van der Waals surface area (Å²) in [6.07, 6.45) is 0. The van der Waals surface area contributed by atoms with Crippen LogP contribution >= 0.6 is 11.6 Å². The molecule has 3 aromatic rings. The molecule has 0 saturated carbocycles. The number of rotatable bonds is 4. The van der Waals surface area contributed by atoms with E-state index in [0.29, 0.717) is 11.4 Å². The normalized spacial score (nSPS) is 13.9. The number of aromatic nitrogens is 1. The highest BCUT2D eigenvalue weighted by atomic mass is 35.5. The summed E-state index contributed by atoms with van der Waals surface area (Å²) in [5.41, 5.74) is 2.83. The predicted molar refractivity (Wildman–Crippen MR) is 136 cm³/mol. The van der Waals surface area contributed by atoms with Crippen molar-refractivity contribution in [2.24, 2.45) is 7.05 Å². The van der Waals surface area contributed by atoms with E-state index in [-0.39, 0.29) is 32.1 Å². The van der Waals surface area contributed by atoms with Gasteiger partial charge in [0.15, 0.2) is 5.69 Å². The first-order chi connectivity index (χ1) is 16.2. The lowest BCUT2D eigenvalue weighted by molar-refractivity contribution is -0.683. The molecule has 0 atom stereocenters. The maximum absolute atomic E-state index is 13.5. The summed E-state index contributed by atoms with van der Waals surface area (Å²) < 4.78 is 30.7. The molecule has 1 aromatic heterocycles. The number of amides is 2. The van der Waals surface area contributed by atoms with E-state index in [4.69, 9.17) is 11.6 Å². The molecule has 4 rings (SSSR count). The van der Waals surface area contributed by atoms with Gasteiger partial charge in [-0.2, -0.15) is 0 Å². The van der Waals surface area contributed by atoms with Gasteiger partial charge in [-0.1, -0.05) is 44.5 Å². The van der Waals surface area contributed by atoms with Crippen LogP contribution in [0.5, 0.6) is 0 Å². The predicted octanol–water partition coefficient (Wildman–Crippen LogP) is 4.68. The lowest BCUT2D eigenvalue weighted by atomic mass is 9.87. The SMILES string of the molecule is Cc1ccc(N2C(=O)c3c(Cl)ccc(NS(=O)(=O)c4ccc(C(C)(C)C)cc4)c3C2=O)c(C)[n+]1C. The highest BCUT2D eigenvalue weighted by molar-refractivity contribution is 7.92. The zero-order valence-electron chi connectivity index (χ0n) is 20.4. The minimum Gasteiger partial charge on any atom is -0.279 e. The number of aryl methyl sites for hydroxylation is 1. The van der Waals surface area contributed by atoms with Crippen molar-refractivity contribution in [1.82, 2.24) is 0 Å². The van der Waals surface area contributed by atoms with Gasteiger partial charge < -0.3 is 0 Å². The average Bonchev–Trinajstić information content (AvgIpc) is 3.05. The van der Waals surface area contributed by atoms with E-state index >= 15 is 0 Å². The Morgan fingerprint density at radius 1 is 0.886 bits per heavy atom. The van der Waals surface area contributed by atoms with Crippen molar-refractivity contribution < 1.29 is 22.6 Å². The minimum absolute atomic E-state index is 0.000660. The van der Waals surface area contributed by atoms with Gasteiger partial charge >= 0.3 is 0 Å². The third kappa shape index (κ3) is 4.21. The number of nitrogens with zero attached hydrogens (tertiary/aromatic N) is 2. The first-order valence-corrected chi connectivity index (χ1v) is 12.9. The Labute approximate surface area is 210 Å². The van der Waals surface area contributed by atoms with Crippen molar-refractivity contribution in [2.45, 2.75) is 44.9 Å². The van der Waals surface area contributed by atoms with Gasteiger partial charge in [0.2, 0.25) is 5.69 Å². The maximum Gasteiger partial charge on any atom is 0.268 e. The number of anilines is 2. The Morgan fingerprint density at radius 2 is 1.49 bits per heavy atom. The molecule has 1 aliphatic heterocycles. The number of fused-ring (bicyclic) bond motifs is 1. The molecule has 0 saturated heterocycles. The molecule has 9 heteroatoms. The van der Waals surface area contributed by atoms with Gasteiger partial charge in [0.1, 0.15) is 12.7 Å². The molecular weight excluding hydrogens is 486 g/mol. The standard InChI is InChI=1S/C26H26ClN3O4S/c1-15-7-14-21(16(2)29(15)6)30-24(31)22-19(27)12-13-20(23(22)25(30)32)28-35(33,34)18-10-8-17(9-11-18)26(3,4)5/h7-14H,1-6H3/p+1. The first-order valence-electron chi connectivity index (χ1n) is 11.0. The molecule has 0 radical (unpaired) electrons. The quantitative estimate of drug-likeness (QED) is 0.406. The van der Waals surface area contributed by atoms with Gasteiger partial charge in [-0.05, 0) is 41.3 Å². The summed E-state index contributed by atoms with van der Waals surface area (Å²) in [5.74, 6) is -1.24. The third-order valence-electron chi connectivity index (χ3n) is 6.39. The van der Waals surface area contributed by atoms with Gasteiger partial charge in [0, 0.05) is 19.9 Å². The van der Waals surface area contributed by atoms with Crippen molar-refractivity contribution in [3.05, 3.63) is 81.6 Å². The summed E-state index contributed by atoms with van der Waals surface area (Å²) in [6, 6.07) is 12.9. The number of nitrogens with one attached hydrogen (secondary N) is 1. The molecular formula is C26H27ClN3O4S+. The van der Waals surface area contributed by atoms with E-state index in [2.05, 4.69) is 4.72 Å². The van der Waals surface area contributed by atoms with Gasteiger partial charge in [-0.3, -0.25) is 14.3 Å². The lowest BCUT2D eigenvalue weighted by Gasteiger charge is -2.19. The molecule has 0 aliphatic carbocycles. The number of benzene rings is 2. The smallest absolute Gasteiger partial charge is 0.268 e. The second-order valence-corrected chi connectivity index (χ2v) is 11.8.